The number of nitrogens with zero attached hydrogens (tertiary/aromatic N) is 1. The Labute approximate surface area is 162 Å². The van der Waals surface area contributed by atoms with Gasteiger partial charge in [0.25, 0.3) is 5.91 Å². The molecule has 1 aromatic heterocycles. The van der Waals surface area contributed by atoms with Crippen molar-refractivity contribution in [3.63, 3.8) is 0 Å². The van der Waals surface area contributed by atoms with Gasteiger partial charge < -0.3 is 14.8 Å². The number of nitriles is 1. The van der Waals surface area contributed by atoms with Crippen LogP contribution >= 0.6 is 11.3 Å². The molecule has 0 unspecified atom stereocenters. The van der Waals surface area contributed by atoms with Gasteiger partial charge >= 0.3 is 0 Å². The quantitative estimate of drug-likeness (QED) is 0.813. The Morgan fingerprint density at radius 1 is 1.30 bits per heavy atom. The van der Waals surface area contributed by atoms with Crippen molar-refractivity contribution < 1.29 is 14.3 Å². The first-order valence-electron chi connectivity index (χ1n) is 9.12. The maximum atomic E-state index is 12.7. The number of ether oxygens (including phenoxy) is 2. The van der Waals surface area contributed by atoms with Crippen LogP contribution in [0.5, 0.6) is 11.5 Å². The summed E-state index contributed by atoms with van der Waals surface area (Å²) in [4.78, 5) is 13.9. The molecule has 2 heterocycles. The Morgan fingerprint density at radius 2 is 2.07 bits per heavy atom. The van der Waals surface area contributed by atoms with Crippen LogP contribution in [0.1, 0.15) is 53.6 Å². The molecule has 1 atom stereocenters. The fraction of sp³-hybridized carbons (Fsp3) is 0.429. The van der Waals surface area contributed by atoms with Gasteiger partial charge in [-0.15, -0.1) is 11.3 Å². The number of hydrogen-bond acceptors (Lipinski definition) is 5. The average Bonchev–Trinajstić information content (AvgIpc) is 3.23. The smallest absolute Gasteiger partial charge is 0.256 e. The maximum absolute atomic E-state index is 12.7. The number of thiophene rings is 1. The lowest BCUT2D eigenvalue weighted by Gasteiger charge is -2.33. The van der Waals surface area contributed by atoms with Crippen molar-refractivity contribution in [1.82, 2.24) is 0 Å². The van der Waals surface area contributed by atoms with Gasteiger partial charge in [-0.1, -0.05) is 20.8 Å². The van der Waals surface area contributed by atoms with E-state index in [1.165, 1.54) is 4.88 Å². The van der Waals surface area contributed by atoms with Crippen molar-refractivity contribution in [1.29, 1.82) is 5.26 Å². The molecule has 0 saturated carbocycles. The van der Waals surface area contributed by atoms with Crippen LogP contribution in [0.2, 0.25) is 0 Å². The first-order chi connectivity index (χ1) is 12.9. The van der Waals surface area contributed by atoms with E-state index in [0.717, 1.165) is 24.8 Å². The van der Waals surface area contributed by atoms with Crippen LogP contribution < -0.4 is 14.8 Å². The van der Waals surface area contributed by atoms with Gasteiger partial charge in [-0.2, -0.15) is 5.26 Å². The minimum absolute atomic E-state index is 0.172. The molecular formula is C21H22N2O3S. The average molecular weight is 382 g/mol. The number of hydrogen-bond donors (Lipinski definition) is 1. The predicted molar refractivity (Wildman–Crippen MR) is 105 cm³/mol. The lowest BCUT2D eigenvalue weighted by molar-refractivity contribution is 0.102. The maximum Gasteiger partial charge on any atom is 0.256 e. The molecule has 2 aromatic rings. The molecule has 5 nitrogen and oxygen atoms in total. The third kappa shape index (κ3) is 3.28. The molecule has 1 amide bonds. The second kappa shape index (κ2) is 6.58. The first-order valence-corrected chi connectivity index (χ1v) is 9.94. The Bertz CT molecular complexity index is 950. The van der Waals surface area contributed by atoms with Crippen LogP contribution in [-0.2, 0) is 12.8 Å². The van der Waals surface area contributed by atoms with E-state index in [-0.39, 0.29) is 18.1 Å². The Hall–Kier alpha value is -2.52. The second-order valence-corrected chi connectivity index (χ2v) is 9.25. The van der Waals surface area contributed by atoms with E-state index in [1.54, 1.807) is 29.5 Å². The van der Waals surface area contributed by atoms with Crippen molar-refractivity contribution in [3.05, 3.63) is 39.8 Å². The molecule has 0 fully saturated rings. The summed E-state index contributed by atoms with van der Waals surface area (Å²) in [5.41, 5.74) is 2.47. The molecule has 1 aliphatic carbocycles. The molecule has 0 saturated heterocycles. The van der Waals surface area contributed by atoms with Gasteiger partial charge in [0.05, 0.1) is 5.56 Å². The van der Waals surface area contributed by atoms with E-state index in [9.17, 15) is 10.1 Å². The van der Waals surface area contributed by atoms with Gasteiger partial charge in [0, 0.05) is 10.4 Å². The second-order valence-electron chi connectivity index (χ2n) is 8.15. The van der Waals surface area contributed by atoms with Gasteiger partial charge in [0.2, 0.25) is 6.79 Å². The largest absolute Gasteiger partial charge is 0.454 e. The molecule has 6 heteroatoms. The van der Waals surface area contributed by atoms with E-state index < -0.39 is 0 Å². The zero-order chi connectivity index (χ0) is 19.2. The van der Waals surface area contributed by atoms with E-state index >= 15 is 0 Å². The van der Waals surface area contributed by atoms with E-state index in [4.69, 9.17) is 9.47 Å². The highest BCUT2D eigenvalue weighted by Gasteiger charge is 2.32. The highest BCUT2D eigenvalue weighted by Crippen LogP contribution is 2.44. The first kappa shape index (κ1) is 17.9. The van der Waals surface area contributed by atoms with Crippen molar-refractivity contribution in [2.45, 2.75) is 40.0 Å². The van der Waals surface area contributed by atoms with Crippen LogP contribution in [0.15, 0.2) is 18.2 Å². The van der Waals surface area contributed by atoms with E-state index in [2.05, 4.69) is 32.2 Å². The standard InChI is InChI=1S/C21H22N2O3S/c1-21(2,3)13-5-6-14-15(10-22)20(27-18(14)9-13)23-19(24)12-4-7-16-17(8-12)26-11-25-16/h4,7-8,13H,5-6,9,11H2,1-3H3,(H,23,24)/t13-/m0/s1. The third-order valence-corrected chi connectivity index (χ3v) is 6.63. The Balaban J connectivity index is 1.59. The molecule has 2 aliphatic rings. The molecule has 4 rings (SSSR count). The molecule has 0 spiro atoms. The lowest BCUT2D eigenvalue weighted by atomic mass is 9.72. The molecule has 1 aliphatic heterocycles. The monoisotopic (exact) mass is 382 g/mol. The van der Waals surface area contributed by atoms with Crippen molar-refractivity contribution in [2.24, 2.45) is 11.3 Å². The number of fused-ring (bicyclic) bond motifs is 2. The summed E-state index contributed by atoms with van der Waals surface area (Å²) in [6, 6.07) is 7.42. The van der Waals surface area contributed by atoms with Crippen LogP contribution in [0.4, 0.5) is 5.00 Å². The van der Waals surface area contributed by atoms with E-state index in [0.29, 0.717) is 33.5 Å². The number of amides is 1. The number of nitrogens with one attached hydrogen (secondary N) is 1. The third-order valence-electron chi connectivity index (χ3n) is 5.46. The normalized spacial score (nSPS) is 17.9. The number of benzene rings is 1. The van der Waals surface area contributed by atoms with Crippen LogP contribution in [-0.4, -0.2) is 12.7 Å². The Morgan fingerprint density at radius 3 is 2.81 bits per heavy atom. The highest BCUT2D eigenvalue weighted by atomic mass is 32.1. The summed E-state index contributed by atoms with van der Waals surface area (Å²) in [5.74, 6) is 1.56. The summed E-state index contributed by atoms with van der Waals surface area (Å²) in [7, 11) is 0. The lowest BCUT2D eigenvalue weighted by Crippen LogP contribution is -2.26. The van der Waals surface area contributed by atoms with Crippen LogP contribution in [0.25, 0.3) is 0 Å². The van der Waals surface area contributed by atoms with E-state index in [1.807, 2.05) is 0 Å². The summed E-state index contributed by atoms with van der Waals surface area (Å²) in [6.45, 7) is 6.98. The zero-order valence-electron chi connectivity index (χ0n) is 15.7. The number of carbonyl (C=O) groups excluding carboxylic acids is 1. The van der Waals surface area contributed by atoms with Crippen molar-refractivity contribution >= 4 is 22.2 Å². The molecule has 140 valence electrons. The molecule has 27 heavy (non-hydrogen) atoms. The van der Waals surface area contributed by atoms with Gasteiger partial charge in [0.15, 0.2) is 11.5 Å². The Kier molecular flexibility index (Phi) is 4.35. The summed E-state index contributed by atoms with van der Waals surface area (Å²) < 4.78 is 10.6. The fourth-order valence-corrected chi connectivity index (χ4v) is 5.02. The minimum atomic E-state index is -0.240. The van der Waals surface area contributed by atoms with Crippen LogP contribution in [0, 0.1) is 22.7 Å². The number of anilines is 1. The molecule has 1 aromatic carbocycles. The zero-order valence-corrected chi connectivity index (χ0v) is 16.5. The van der Waals surface area contributed by atoms with Crippen molar-refractivity contribution in [2.75, 3.05) is 12.1 Å². The van der Waals surface area contributed by atoms with Gasteiger partial charge in [-0.3, -0.25) is 4.79 Å². The van der Waals surface area contributed by atoms with Gasteiger partial charge in [-0.05, 0) is 54.4 Å². The highest BCUT2D eigenvalue weighted by molar-refractivity contribution is 7.16. The SMILES string of the molecule is CC(C)(C)[C@H]1CCc2c(sc(NC(=O)c3ccc4c(c3)OCO4)c2C#N)C1. The summed E-state index contributed by atoms with van der Waals surface area (Å²) in [6.07, 6.45) is 2.95. The van der Waals surface area contributed by atoms with Crippen molar-refractivity contribution in [3.8, 4) is 17.6 Å². The molecule has 1 N–H and O–H groups in total. The molecular weight excluding hydrogens is 360 g/mol. The fourth-order valence-electron chi connectivity index (χ4n) is 3.74. The topological polar surface area (TPSA) is 71.3 Å². The molecule has 0 radical (unpaired) electrons. The van der Waals surface area contributed by atoms with Gasteiger partial charge in [0.1, 0.15) is 11.1 Å². The minimum Gasteiger partial charge on any atom is -0.454 e. The predicted octanol–water partition coefficient (Wildman–Crippen LogP) is 4.75. The van der Waals surface area contributed by atoms with Gasteiger partial charge in [-0.25, -0.2) is 0 Å². The number of carbonyl (C=O) groups is 1. The number of rotatable bonds is 2. The van der Waals surface area contributed by atoms with Crippen LogP contribution in [0.3, 0.4) is 0 Å². The summed E-state index contributed by atoms with van der Waals surface area (Å²) in [5, 5.41) is 13.3. The molecule has 0 bridgehead atoms. The summed E-state index contributed by atoms with van der Waals surface area (Å²) >= 11 is 1.54.